The first kappa shape index (κ1) is 15.5. The van der Waals surface area contributed by atoms with Crippen molar-refractivity contribution < 1.29 is 18.7 Å². The number of carbonyl (C=O) groups is 2. The van der Waals surface area contributed by atoms with E-state index in [2.05, 4.69) is 5.32 Å². The zero-order valence-corrected chi connectivity index (χ0v) is 12.4. The molecule has 0 aromatic heterocycles. The largest absolute Gasteiger partial charge is 0.467 e. The van der Waals surface area contributed by atoms with Crippen LogP contribution in [0.4, 0.5) is 4.39 Å². The van der Waals surface area contributed by atoms with Gasteiger partial charge in [-0.2, -0.15) is 0 Å². The number of rotatable bonds is 5. The van der Waals surface area contributed by atoms with Gasteiger partial charge in [-0.3, -0.25) is 4.79 Å². The van der Waals surface area contributed by atoms with Gasteiger partial charge >= 0.3 is 5.97 Å². The van der Waals surface area contributed by atoms with Gasteiger partial charge in [0.15, 0.2) is 0 Å². The van der Waals surface area contributed by atoms with E-state index in [1.807, 2.05) is 13.8 Å². The number of carbonyl (C=O) groups excluding carboxylic acids is 2. The molecule has 0 bridgehead atoms. The number of hydrogen-bond acceptors (Lipinski definition) is 3. The molecular weight excluding hydrogens is 273 g/mol. The number of halogens is 1. The van der Waals surface area contributed by atoms with Crippen molar-refractivity contribution in [1.29, 1.82) is 0 Å². The predicted molar refractivity (Wildman–Crippen MR) is 76.0 cm³/mol. The van der Waals surface area contributed by atoms with Gasteiger partial charge in [-0.15, -0.1) is 0 Å². The molecule has 1 aromatic carbocycles. The van der Waals surface area contributed by atoms with Gasteiger partial charge in [0, 0.05) is 5.92 Å². The fourth-order valence-corrected chi connectivity index (χ4v) is 2.49. The number of amides is 1. The Morgan fingerprint density at radius 1 is 1.33 bits per heavy atom. The summed E-state index contributed by atoms with van der Waals surface area (Å²) < 4.78 is 18.4. The number of methoxy groups -OCH3 is 1. The van der Waals surface area contributed by atoms with E-state index in [1.165, 1.54) is 13.2 Å². The minimum absolute atomic E-state index is 0.0629. The maximum absolute atomic E-state index is 13.7. The van der Waals surface area contributed by atoms with E-state index in [0.29, 0.717) is 12.0 Å². The van der Waals surface area contributed by atoms with E-state index in [9.17, 15) is 14.0 Å². The standard InChI is InChI=1S/C16H20FNO3/c1-9(2)14(16(20)21-3)18-15(19)12-8-11(12)10-6-4-5-7-13(10)17/h4-7,9,11-12,14H,8H2,1-3H3,(H,18,19)/t11?,12?,14-/m0/s1. The predicted octanol–water partition coefficient (Wildman–Crippen LogP) is 2.24. The minimum atomic E-state index is -0.663. The van der Waals surface area contributed by atoms with E-state index in [4.69, 9.17) is 4.74 Å². The minimum Gasteiger partial charge on any atom is -0.467 e. The van der Waals surface area contributed by atoms with Crippen LogP contribution in [0.25, 0.3) is 0 Å². The third kappa shape index (κ3) is 3.40. The Bertz CT molecular complexity index is 544. The molecule has 0 radical (unpaired) electrons. The lowest BCUT2D eigenvalue weighted by Crippen LogP contribution is -2.45. The molecule has 1 aliphatic carbocycles. The molecule has 0 spiro atoms. The monoisotopic (exact) mass is 293 g/mol. The third-order valence-electron chi connectivity index (χ3n) is 3.85. The van der Waals surface area contributed by atoms with Crippen molar-refractivity contribution in [1.82, 2.24) is 5.32 Å². The molecule has 1 fully saturated rings. The molecule has 1 aliphatic rings. The van der Waals surface area contributed by atoms with Gasteiger partial charge < -0.3 is 10.1 Å². The third-order valence-corrected chi connectivity index (χ3v) is 3.85. The molecule has 1 aromatic rings. The smallest absolute Gasteiger partial charge is 0.328 e. The van der Waals surface area contributed by atoms with Crippen molar-refractivity contribution in [2.75, 3.05) is 7.11 Å². The molecule has 0 heterocycles. The average Bonchev–Trinajstić information content (AvgIpc) is 3.24. The molecule has 4 nitrogen and oxygen atoms in total. The Labute approximate surface area is 123 Å². The van der Waals surface area contributed by atoms with Crippen molar-refractivity contribution in [2.24, 2.45) is 11.8 Å². The highest BCUT2D eigenvalue weighted by atomic mass is 19.1. The highest BCUT2D eigenvalue weighted by Crippen LogP contribution is 2.48. The summed E-state index contributed by atoms with van der Waals surface area (Å²) in [6.07, 6.45) is 0.610. The molecule has 114 valence electrons. The molecule has 2 unspecified atom stereocenters. The summed E-state index contributed by atoms with van der Waals surface area (Å²) in [5, 5.41) is 2.71. The van der Waals surface area contributed by atoms with Gasteiger partial charge in [0.25, 0.3) is 0 Å². The van der Waals surface area contributed by atoms with Crippen LogP contribution in [0.3, 0.4) is 0 Å². The number of hydrogen-bond donors (Lipinski definition) is 1. The van der Waals surface area contributed by atoms with E-state index < -0.39 is 12.0 Å². The maximum atomic E-state index is 13.7. The zero-order chi connectivity index (χ0) is 15.6. The van der Waals surface area contributed by atoms with Crippen LogP contribution in [0.15, 0.2) is 24.3 Å². The number of ether oxygens (including phenoxy) is 1. The topological polar surface area (TPSA) is 55.4 Å². The maximum Gasteiger partial charge on any atom is 0.328 e. The second-order valence-electron chi connectivity index (χ2n) is 5.72. The van der Waals surface area contributed by atoms with Crippen molar-refractivity contribution in [3.63, 3.8) is 0 Å². The van der Waals surface area contributed by atoms with Gasteiger partial charge in [-0.25, -0.2) is 9.18 Å². The zero-order valence-electron chi connectivity index (χ0n) is 12.4. The number of benzene rings is 1. The number of nitrogens with one attached hydrogen (secondary N) is 1. The second-order valence-corrected chi connectivity index (χ2v) is 5.72. The fraction of sp³-hybridized carbons (Fsp3) is 0.500. The fourth-order valence-electron chi connectivity index (χ4n) is 2.49. The Kier molecular flexibility index (Phi) is 4.60. The Balaban J connectivity index is 2.00. The Hall–Kier alpha value is -1.91. The molecule has 21 heavy (non-hydrogen) atoms. The van der Waals surface area contributed by atoms with Crippen LogP contribution in [-0.2, 0) is 14.3 Å². The molecule has 1 saturated carbocycles. The summed E-state index contributed by atoms with van der Waals surface area (Å²) in [7, 11) is 1.29. The van der Waals surface area contributed by atoms with Crippen LogP contribution in [-0.4, -0.2) is 25.0 Å². The lowest BCUT2D eigenvalue weighted by Gasteiger charge is -2.19. The Morgan fingerprint density at radius 3 is 2.57 bits per heavy atom. The summed E-state index contributed by atoms with van der Waals surface area (Å²) in [6.45, 7) is 3.67. The first-order valence-corrected chi connectivity index (χ1v) is 7.08. The van der Waals surface area contributed by atoms with Gasteiger partial charge in [0.1, 0.15) is 11.9 Å². The molecule has 5 heteroatoms. The van der Waals surface area contributed by atoms with Gasteiger partial charge in [0.05, 0.1) is 7.11 Å². The quantitative estimate of drug-likeness (QED) is 0.847. The molecule has 1 amide bonds. The first-order valence-electron chi connectivity index (χ1n) is 7.08. The summed E-state index contributed by atoms with van der Waals surface area (Å²) in [5.74, 6) is -1.39. The van der Waals surface area contributed by atoms with E-state index >= 15 is 0 Å². The number of esters is 1. The molecule has 0 saturated heterocycles. The van der Waals surface area contributed by atoms with E-state index in [1.54, 1.807) is 18.2 Å². The van der Waals surface area contributed by atoms with Crippen molar-refractivity contribution in [2.45, 2.75) is 32.2 Å². The van der Waals surface area contributed by atoms with Crippen LogP contribution >= 0.6 is 0 Å². The van der Waals surface area contributed by atoms with E-state index in [0.717, 1.165) is 0 Å². The summed E-state index contributed by atoms with van der Waals surface area (Å²) in [6, 6.07) is 5.82. The van der Waals surface area contributed by atoms with Gasteiger partial charge in [-0.1, -0.05) is 32.0 Å². The molecular formula is C16H20FNO3. The summed E-state index contributed by atoms with van der Waals surface area (Å²) >= 11 is 0. The van der Waals surface area contributed by atoms with Crippen LogP contribution in [0, 0.1) is 17.7 Å². The normalized spacial score (nSPS) is 21.8. The van der Waals surface area contributed by atoms with Crippen molar-refractivity contribution >= 4 is 11.9 Å². The van der Waals surface area contributed by atoms with Crippen molar-refractivity contribution in [3.8, 4) is 0 Å². The SMILES string of the molecule is COC(=O)[C@@H](NC(=O)C1CC1c1ccccc1F)C(C)C. The Morgan fingerprint density at radius 2 is 2.00 bits per heavy atom. The average molecular weight is 293 g/mol. The summed E-state index contributed by atoms with van der Waals surface area (Å²) in [5.41, 5.74) is 0.566. The molecule has 3 atom stereocenters. The molecule has 1 N–H and O–H groups in total. The van der Waals surface area contributed by atoms with Gasteiger partial charge in [-0.05, 0) is 29.9 Å². The second kappa shape index (κ2) is 6.24. The van der Waals surface area contributed by atoms with E-state index in [-0.39, 0.29) is 29.5 Å². The highest BCUT2D eigenvalue weighted by molar-refractivity contribution is 5.88. The van der Waals surface area contributed by atoms with Crippen molar-refractivity contribution in [3.05, 3.63) is 35.6 Å². The van der Waals surface area contributed by atoms with Crippen LogP contribution in [0.1, 0.15) is 31.7 Å². The first-order chi connectivity index (χ1) is 9.95. The van der Waals surface area contributed by atoms with Gasteiger partial charge in [0.2, 0.25) is 5.91 Å². The summed E-state index contributed by atoms with van der Waals surface area (Å²) in [4.78, 5) is 23.8. The lowest BCUT2D eigenvalue weighted by atomic mass is 10.0. The van der Waals surface area contributed by atoms with Crippen LogP contribution < -0.4 is 5.32 Å². The lowest BCUT2D eigenvalue weighted by molar-refractivity contribution is -0.146. The molecule has 0 aliphatic heterocycles. The van der Waals surface area contributed by atoms with Crippen LogP contribution in [0.5, 0.6) is 0 Å². The highest BCUT2D eigenvalue weighted by Gasteiger charge is 2.46. The van der Waals surface area contributed by atoms with Crippen LogP contribution in [0.2, 0.25) is 0 Å². The molecule has 2 rings (SSSR count).